The van der Waals surface area contributed by atoms with Crippen molar-refractivity contribution in [3.05, 3.63) is 59.1 Å². The van der Waals surface area contributed by atoms with E-state index in [1.807, 2.05) is 44.2 Å². The predicted molar refractivity (Wildman–Crippen MR) is 112 cm³/mol. The molecule has 1 amide bonds. The van der Waals surface area contributed by atoms with E-state index in [0.717, 1.165) is 28.3 Å². The Morgan fingerprint density at radius 3 is 2.76 bits per heavy atom. The van der Waals surface area contributed by atoms with Gasteiger partial charge in [0.05, 0.1) is 17.9 Å². The highest BCUT2D eigenvalue weighted by atomic mass is 16.2. The van der Waals surface area contributed by atoms with Gasteiger partial charge in [-0.15, -0.1) is 0 Å². The highest BCUT2D eigenvalue weighted by molar-refractivity contribution is 6.00. The van der Waals surface area contributed by atoms with Crippen molar-refractivity contribution in [2.24, 2.45) is 5.92 Å². The molecule has 148 valence electrons. The van der Waals surface area contributed by atoms with Crippen molar-refractivity contribution in [3.8, 4) is 0 Å². The number of carbonyl (C=O) groups excluding carboxylic acids is 2. The van der Waals surface area contributed by atoms with E-state index in [2.05, 4.69) is 15.1 Å². The summed E-state index contributed by atoms with van der Waals surface area (Å²) in [6.45, 7) is 11.7. The molecule has 0 bridgehead atoms. The Morgan fingerprint density at radius 2 is 2.03 bits per heavy atom. The quantitative estimate of drug-likeness (QED) is 0.765. The number of Topliss-reactive ketones (excluding diaryl/α,β-unsaturated/α-hetero) is 1. The number of hydrogen-bond acceptors (Lipinski definition) is 4. The van der Waals surface area contributed by atoms with Gasteiger partial charge in [-0.2, -0.15) is 0 Å². The number of ketones is 1. The molecule has 6 nitrogen and oxygen atoms in total. The molecular formula is C23H24N4O2. The zero-order valence-electron chi connectivity index (χ0n) is 16.7. The fourth-order valence-corrected chi connectivity index (χ4v) is 3.97. The average molecular weight is 388 g/mol. The summed E-state index contributed by atoms with van der Waals surface area (Å²) in [6.07, 6.45) is 3.87. The third kappa shape index (κ3) is 3.61. The molecule has 2 aliphatic rings. The van der Waals surface area contributed by atoms with Crippen LogP contribution in [-0.4, -0.2) is 16.7 Å². The number of nitrogens with one attached hydrogen (secondary N) is 1. The molecule has 0 unspecified atom stereocenters. The van der Waals surface area contributed by atoms with Crippen molar-refractivity contribution in [1.82, 2.24) is 4.98 Å². The Kier molecular flexibility index (Phi) is 4.83. The fourth-order valence-electron chi connectivity index (χ4n) is 3.97. The fraction of sp³-hybridized carbons (Fsp3) is 0.391. The van der Waals surface area contributed by atoms with Crippen LogP contribution < -0.4 is 10.2 Å². The molecule has 1 N–H and O–H groups in total. The summed E-state index contributed by atoms with van der Waals surface area (Å²) in [4.78, 5) is 35.2. The highest BCUT2D eigenvalue weighted by Gasteiger charge is 2.34. The number of nitrogens with zero attached hydrogens (tertiary/aromatic N) is 3. The average Bonchev–Trinajstić information content (AvgIpc) is 2.90. The summed E-state index contributed by atoms with van der Waals surface area (Å²) >= 11 is 0. The van der Waals surface area contributed by atoms with Gasteiger partial charge in [0.25, 0.3) is 5.54 Å². The molecule has 4 rings (SSSR count). The predicted octanol–water partition coefficient (Wildman–Crippen LogP) is 4.59. The van der Waals surface area contributed by atoms with Gasteiger partial charge in [-0.1, -0.05) is 6.07 Å². The van der Waals surface area contributed by atoms with E-state index in [-0.39, 0.29) is 17.6 Å². The summed E-state index contributed by atoms with van der Waals surface area (Å²) < 4.78 is 0. The number of aromatic nitrogens is 1. The van der Waals surface area contributed by atoms with Crippen LogP contribution in [0.5, 0.6) is 0 Å². The number of pyridine rings is 1. The summed E-state index contributed by atoms with van der Waals surface area (Å²) in [5.41, 5.74) is 2.68. The first kappa shape index (κ1) is 19.1. The molecule has 2 heterocycles. The number of fused-ring (bicyclic) bond motifs is 2. The maximum absolute atomic E-state index is 13.5. The van der Waals surface area contributed by atoms with Gasteiger partial charge >= 0.3 is 0 Å². The Bertz CT molecular complexity index is 1010. The lowest BCUT2D eigenvalue weighted by Gasteiger charge is -2.29. The molecule has 1 aromatic carbocycles. The molecule has 1 aromatic heterocycles. The first-order chi connectivity index (χ1) is 13.9. The van der Waals surface area contributed by atoms with E-state index in [1.54, 1.807) is 11.1 Å². The Hall–Kier alpha value is -3.20. The maximum Gasteiger partial charge on any atom is 0.252 e. The van der Waals surface area contributed by atoms with Crippen LogP contribution in [0, 0.1) is 12.5 Å². The Balaban J connectivity index is 1.79. The number of rotatable bonds is 2. The summed E-state index contributed by atoms with van der Waals surface area (Å²) in [6, 6.07) is 9.63. The largest absolute Gasteiger partial charge is 0.338 e. The van der Waals surface area contributed by atoms with Gasteiger partial charge in [-0.25, -0.2) is 11.6 Å². The third-order valence-electron chi connectivity index (χ3n) is 5.91. The van der Waals surface area contributed by atoms with E-state index in [9.17, 15) is 9.59 Å². The van der Waals surface area contributed by atoms with E-state index in [1.165, 1.54) is 0 Å². The normalized spacial score (nSPS) is 16.9. The number of amides is 1. The van der Waals surface area contributed by atoms with Gasteiger partial charge in [-0.3, -0.25) is 9.59 Å². The van der Waals surface area contributed by atoms with Crippen molar-refractivity contribution >= 4 is 28.9 Å². The first-order valence-electron chi connectivity index (χ1n) is 9.96. The molecule has 1 aliphatic carbocycles. The molecule has 2 aromatic rings. The zero-order chi connectivity index (χ0) is 20.6. The van der Waals surface area contributed by atoms with Crippen LogP contribution in [-0.2, 0) is 21.7 Å². The van der Waals surface area contributed by atoms with Crippen LogP contribution in [0.3, 0.4) is 0 Å². The summed E-state index contributed by atoms with van der Waals surface area (Å²) in [7, 11) is 0. The van der Waals surface area contributed by atoms with Crippen LogP contribution >= 0.6 is 0 Å². The van der Waals surface area contributed by atoms with Crippen molar-refractivity contribution in [1.29, 1.82) is 0 Å². The van der Waals surface area contributed by atoms with Crippen LogP contribution in [0.2, 0.25) is 0 Å². The maximum atomic E-state index is 13.5. The Morgan fingerprint density at radius 1 is 1.28 bits per heavy atom. The Labute approximate surface area is 170 Å². The molecule has 1 aliphatic heterocycles. The molecule has 0 radical (unpaired) electrons. The first-order valence-corrected chi connectivity index (χ1v) is 9.96. The lowest BCUT2D eigenvalue weighted by atomic mass is 9.87. The second kappa shape index (κ2) is 7.32. The van der Waals surface area contributed by atoms with Gasteiger partial charge in [0.2, 0.25) is 5.91 Å². The number of carbonyl (C=O) groups is 2. The highest BCUT2D eigenvalue weighted by Crippen LogP contribution is 2.40. The van der Waals surface area contributed by atoms with E-state index in [4.69, 9.17) is 6.57 Å². The molecule has 1 saturated carbocycles. The van der Waals surface area contributed by atoms with Gasteiger partial charge < -0.3 is 15.1 Å². The molecular weight excluding hydrogens is 364 g/mol. The number of benzene rings is 1. The van der Waals surface area contributed by atoms with Gasteiger partial charge in [0, 0.05) is 49.9 Å². The van der Waals surface area contributed by atoms with Gasteiger partial charge in [-0.05, 0) is 37.1 Å². The molecule has 6 heteroatoms. The topological polar surface area (TPSA) is 66.7 Å². The van der Waals surface area contributed by atoms with Crippen molar-refractivity contribution in [3.63, 3.8) is 0 Å². The summed E-state index contributed by atoms with van der Waals surface area (Å²) in [5.74, 6) is 0.856. The lowest BCUT2D eigenvalue weighted by molar-refractivity contribution is -0.126. The molecule has 1 fully saturated rings. The minimum absolute atomic E-state index is 0.0371. The van der Waals surface area contributed by atoms with Gasteiger partial charge in [0.1, 0.15) is 11.6 Å². The number of anilines is 3. The SMILES string of the molecule is [C-]#[N+]C(C)(C)c1ccc2c(c1)N(C(=O)C1CCC(=O)CC1)Cc1cccnc1N2. The van der Waals surface area contributed by atoms with Gasteiger partial charge in [0.15, 0.2) is 0 Å². The minimum atomic E-state index is -0.682. The van der Waals surface area contributed by atoms with Crippen LogP contribution in [0.1, 0.15) is 50.7 Å². The second-order valence-corrected chi connectivity index (χ2v) is 8.28. The molecule has 0 spiro atoms. The van der Waals surface area contributed by atoms with Crippen molar-refractivity contribution < 1.29 is 9.59 Å². The van der Waals surface area contributed by atoms with Crippen LogP contribution in [0.25, 0.3) is 4.85 Å². The van der Waals surface area contributed by atoms with E-state index >= 15 is 0 Å². The van der Waals surface area contributed by atoms with E-state index in [0.29, 0.717) is 32.2 Å². The lowest BCUT2D eigenvalue weighted by Crippen LogP contribution is -2.37. The van der Waals surface area contributed by atoms with Crippen molar-refractivity contribution in [2.45, 2.75) is 51.6 Å². The smallest absolute Gasteiger partial charge is 0.252 e. The molecule has 0 atom stereocenters. The summed E-state index contributed by atoms with van der Waals surface area (Å²) in [5, 5.41) is 3.36. The van der Waals surface area contributed by atoms with Crippen LogP contribution in [0.4, 0.5) is 17.2 Å². The second-order valence-electron chi connectivity index (χ2n) is 8.28. The molecule has 0 saturated heterocycles. The monoisotopic (exact) mass is 388 g/mol. The zero-order valence-corrected chi connectivity index (χ0v) is 16.7. The van der Waals surface area contributed by atoms with E-state index < -0.39 is 5.54 Å². The third-order valence-corrected chi connectivity index (χ3v) is 5.91. The number of hydrogen-bond donors (Lipinski definition) is 1. The van der Waals surface area contributed by atoms with Crippen LogP contribution in [0.15, 0.2) is 36.5 Å². The molecule has 29 heavy (non-hydrogen) atoms. The van der Waals surface area contributed by atoms with Crippen molar-refractivity contribution in [2.75, 3.05) is 10.2 Å². The minimum Gasteiger partial charge on any atom is -0.338 e. The standard InChI is InChI=1S/C23H24N4O2/c1-23(2,24-3)17-8-11-19-20(13-17)27(14-16-5-4-12-25-21(16)26-19)22(29)15-6-9-18(28)10-7-15/h4-5,8,11-13,15H,6-7,9-10,14H2,1-2H3,(H,25,26).